The van der Waals surface area contributed by atoms with Crippen molar-refractivity contribution in [1.82, 2.24) is 4.90 Å². The molecule has 0 saturated carbocycles. The molecule has 0 fully saturated rings. The molecule has 0 saturated heterocycles. The standard InChI is InChI=1S/C22H45NO3.Na/c1-21(23(2)3)26-20-18-16-14-12-10-8-6-4-5-7-9-11-13-15-17-19-22(24)25;/h21H,4-20H2,1-3H3,(H,24,25);/q;+1/p-1. The maximum Gasteiger partial charge on any atom is 1.00 e. The van der Waals surface area contributed by atoms with Gasteiger partial charge in [-0.25, -0.2) is 0 Å². The van der Waals surface area contributed by atoms with E-state index in [1.165, 1.54) is 83.5 Å². The van der Waals surface area contributed by atoms with Crippen molar-refractivity contribution in [2.24, 2.45) is 0 Å². The van der Waals surface area contributed by atoms with Crippen LogP contribution in [0.15, 0.2) is 0 Å². The Bertz CT molecular complexity index is 314. The third kappa shape index (κ3) is 24.4. The monoisotopic (exact) mass is 393 g/mol. The summed E-state index contributed by atoms with van der Waals surface area (Å²) in [5, 5.41) is 10.3. The van der Waals surface area contributed by atoms with Gasteiger partial charge in [-0.1, -0.05) is 83.5 Å². The normalized spacial score (nSPS) is 12.1. The molecule has 0 aromatic carbocycles. The van der Waals surface area contributed by atoms with E-state index in [9.17, 15) is 9.90 Å². The molecule has 1 unspecified atom stereocenters. The Kier molecular flexibility index (Phi) is 24.9. The van der Waals surface area contributed by atoms with Crippen molar-refractivity contribution < 1.29 is 44.2 Å². The van der Waals surface area contributed by atoms with Crippen LogP contribution in [-0.4, -0.2) is 37.8 Å². The maximum atomic E-state index is 10.3. The van der Waals surface area contributed by atoms with Gasteiger partial charge in [-0.15, -0.1) is 0 Å². The number of carbonyl (C=O) groups is 1. The van der Waals surface area contributed by atoms with Crippen LogP contribution in [0.5, 0.6) is 0 Å². The molecule has 0 rings (SSSR count). The molecular formula is C22H44NNaO3. The van der Waals surface area contributed by atoms with Gasteiger partial charge >= 0.3 is 29.6 Å². The van der Waals surface area contributed by atoms with Gasteiger partial charge in [0.1, 0.15) is 6.23 Å². The van der Waals surface area contributed by atoms with Crippen molar-refractivity contribution in [3.05, 3.63) is 0 Å². The first-order valence-electron chi connectivity index (χ1n) is 11.0. The molecule has 0 spiro atoms. The molecule has 0 amide bonds. The van der Waals surface area contributed by atoms with Gasteiger partial charge in [0, 0.05) is 12.6 Å². The fraction of sp³-hybridized carbons (Fsp3) is 0.955. The van der Waals surface area contributed by atoms with E-state index in [4.69, 9.17) is 4.74 Å². The Morgan fingerprint density at radius 3 is 1.41 bits per heavy atom. The van der Waals surface area contributed by atoms with Gasteiger partial charge in [0.2, 0.25) is 0 Å². The number of carboxylic acid groups (broad SMARTS) is 1. The van der Waals surface area contributed by atoms with Crippen molar-refractivity contribution in [2.75, 3.05) is 20.7 Å². The second kappa shape index (κ2) is 22.7. The first kappa shape index (κ1) is 29.6. The number of aliphatic carboxylic acids is 1. The molecule has 5 heteroatoms. The van der Waals surface area contributed by atoms with Crippen molar-refractivity contribution in [1.29, 1.82) is 0 Å². The van der Waals surface area contributed by atoms with E-state index in [0.29, 0.717) is 0 Å². The molecule has 0 aliphatic rings. The fourth-order valence-corrected chi connectivity index (χ4v) is 3.07. The zero-order valence-corrected chi connectivity index (χ0v) is 20.8. The summed E-state index contributed by atoms with van der Waals surface area (Å²) in [7, 11) is 4.10. The molecule has 0 aromatic rings. The molecule has 27 heavy (non-hydrogen) atoms. The van der Waals surface area contributed by atoms with Crippen LogP contribution in [-0.2, 0) is 9.53 Å². The zero-order chi connectivity index (χ0) is 19.5. The molecule has 0 N–H and O–H groups in total. The largest absolute Gasteiger partial charge is 1.00 e. The number of rotatable bonds is 20. The first-order chi connectivity index (χ1) is 12.5. The van der Waals surface area contributed by atoms with Crippen LogP contribution >= 0.6 is 0 Å². The van der Waals surface area contributed by atoms with Crippen molar-refractivity contribution in [2.45, 2.75) is 116 Å². The number of unbranched alkanes of at least 4 members (excludes halogenated alkanes) is 14. The van der Waals surface area contributed by atoms with Crippen LogP contribution in [0.3, 0.4) is 0 Å². The van der Waals surface area contributed by atoms with Crippen molar-refractivity contribution >= 4 is 5.97 Å². The van der Waals surface area contributed by atoms with Crippen molar-refractivity contribution in [3.63, 3.8) is 0 Å². The molecule has 0 radical (unpaired) electrons. The van der Waals surface area contributed by atoms with E-state index in [2.05, 4.69) is 11.8 Å². The summed E-state index contributed by atoms with van der Waals surface area (Å²) in [6, 6.07) is 0. The average molecular weight is 394 g/mol. The van der Waals surface area contributed by atoms with E-state index >= 15 is 0 Å². The Morgan fingerprint density at radius 1 is 0.741 bits per heavy atom. The van der Waals surface area contributed by atoms with E-state index < -0.39 is 5.97 Å². The maximum absolute atomic E-state index is 10.3. The van der Waals surface area contributed by atoms with E-state index in [1.54, 1.807) is 0 Å². The zero-order valence-electron chi connectivity index (χ0n) is 18.8. The number of hydrogen-bond donors (Lipinski definition) is 0. The van der Waals surface area contributed by atoms with Gasteiger partial charge in [-0.2, -0.15) is 0 Å². The molecule has 0 aliphatic heterocycles. The van der Waals surface area contributed by atoms with Gasteiger partial charge < -0.3 is 14.6 Å². The molecule has 0 heterocycles. The number of ether oxygens (including phenoxy) is 1. The Hall–Kier alpha value is 0.390. The van der Waals surface area contributed by atoms with Gasteiger partial charge in [-0.3, -0.25) is 4.90 Å². The van der Waals surface area contributed by atoms with Crippen LogP contribution in [0.2, 0.25) is 0 Å². The molecule has 156 valence electrons. The molecule has 0 aliphatic carbocycles. The summed E-state index contributed by atoms with van der Waals surface area (Å²) in [4.78, 5) is 12.4. The van der Waals surface area contributed by atoms with E-state index in [-0.39, 0.29) is 42.2 Å². The minimum atomic E-state index is -0.909. The smallest absolute Gasteiger partial charge is 0.550 e. The SMILES string of the molecule is CC(OCCCCCCCCCCCCCCCCCC(=O)[O-])N(C)C.[Na+]. The summed E-state index contributed by atoms with van der Waals surface area (Å²) in [5.41, 5.74) is 0. The predicted molar refractivity (Wildman–Crippen MR) is 108 cm³/mol. The summed E-state index contributed by atoms with van der Waals surface area (Å²) in [6.45, 7) is 2.98. The third-order valence-corrected chi connectivity index (χ3v) is 5.11. The molecule has 0 aromatic heterocycles. The number of hydrogen-bond acceptors (Lipinski definition) is 4. The van der Waals surface area contributed by atoms with Crippen molar-refractivity contribution in [3.8, 4) is 0 Å². The van der Waals surface area contributed by atoms with Gasteiger partial charge in [-0.05, 0) is 40.3 Å². The average Bonchev–Trinajstić information content (AvgIpc) is 2.60. The van der Waals surface area contributed by atoms with Crippen LogP contribution in [0.25, 0.3) is 0 Å². The minimum Gasteiger partial charge on any atom is -0.550 e. The van der Waals surface area contributed by atoms with Crippen LogP contribution in [0.1, 0.15) is 110 Å². The molecular weight excluding hydrogens is 349 g/mol. The minimum absolute atomic E-state index is 0. The Morgan fingerprint density at radius 2 is 1.07 bits per heavy atom. The van der Waals surface area contributed by atoms with Crippen LogP contribution < -0.4 is 34.7 Å². The van der Waals surface area contributed by atoms with E-state index in [1.807, 2.05) is 14.1 Å². The number of carbonyl (C=O) groups excluding carboxylic acids is 1. The van der Waals surface area contributed by atoms with Gasteiger partial charge in [0.05, 0.1) is 0 Å². The Balaban J connectivity index is 0. The van der Waals surface area contributed by atoms with E-state index in [0.717, 1.165) is 19.4 Å². The van der Waals surface area contributed by atoms with Crippen LogP contribution in [0, 0.1) is 0 Å². The third-order valence-electron chi connectivity index (χ3n) is 5.11. The summed E-state index contributed by atoms with van der Waals surface area (Å²) in [5.74, 6) is -0.909. The predicted octanol–water partition coefficient (Wildman–Crippen LogP) is 1.91. The Labute approximate surface area is 191 Å². The molecule has 0 bridgehead atoms. The van der Waals surface area contributed by atoms with Gasteiger partial charge in [0.15, 0.2) is 0 Å². The second-order valence-electron chi connectivity index (χ2n) is 7.86. The summed E-state index contributed by atoms with van der Waals surface area (Å²) < 4.78 is 5.73. The second-order valence-corrected chi connectivity index (χ2v) is 7.86. The quantitative estimate of drug-likeness (QED) is 0.180. The summed E-state index contributed by atoms with van der Waals surface area (Å²) in [6.07, 6.45) is 19.4. The first-order valence-corrected chi connectivity index (χ1v) is 11.0. The molecule has 1 atom stereocenters. The topological polar surface area (TPSA) is 52.6 Å². The number of carboxylic acids is 1. The summed E-state index contributed by atoms with van der Waals surface area (Å²) >= 11 is 0. The van der Waals surface area contributed by atoms with Gasteiger partial charge in [0.25, 0.3) is 0 Å². The molecule has 4 nitrogen and oxygen atoms in total. The fourth-order valence-electron chi connectivity index (χ4n) is 3.07. The number of nitrogens with zero attached hydrogens (tertiary/aromatic N) is 1. The van der Waals surface area contributed by atoms with Crippen LogP contribution in [0.4, 0.5) is 0 Å².